The molecule has 4 nitrogen and oxygen atoms in total. The predicted molar refractivity (Wildman–Crippen MR) is 74.6 cm³/mol. The third kappa shape index (κ3) is 4.11. The van der Waals surface area contributed by atoms with Crippen molar-refractivity contribution >= 4 is 35.1 Å². The normalized spacial score (nSPS) is 11.8. The van der Waals surface area contributed by atoms with Gasteiger partial charge in [0.1, 0.15) is 0 Å². The Morgan fingerprint density at radius 2 is 2.00 bits per heavy atom. The van der Waals surface area contributed by atoms with Crippen molar-refractivity contribution < 1.29 is 14.3 Å². The van der Waals surface area contributed by atoms with Crippen LogP contribution in [0.1, 0.15) is 17.3 Å². The monoisotopic (exact) mass is 303 g/mol. The second kappa shape index (κ2) is 6.78. The van der Waals surface area contributed by atoms with E-state index in [1.54, 1.807) is 26.1 Å². The van der Waals surface area contributed by atoms with Gasteiger partial charge in [-0.25, -0.2) is 0 Å². The fourth-order valence-electron chi connectivity index (χ4n) is 1.64. The number of ether oxygens (including phenoxy) is 1. The van der Waals surface area contributed by atoms with Gasteiger partial charge in [0, 0.05) is 18.6 Å². The number of carbonyl (C=O) groups is 2. The summed E-state index contributed by atoms with van der Waals surface area (Å²) in [4.78, 5) is 24.9. The zero-order valence-electron chi connectivity index (χ0n) is 10.9. The van der Waals surface area contributed by atoms with Crippen molar-refractivity contribution in [1.29, 1.82) is 0 Å². The van der Waals surface area contributed by atoms with E-state index in [0.717, 1.165) is 0 Å². The number of hydrogen-bond donors (Lipinski definition) is 0. The summed E-state index contributed by atoms with van der Waals surface area (Å²) in [6, 6.07) is 4.68. The van der Waals surface area contributed by atoms with E-state index < -0.39 is 5.92 Å². The molecule has 0 aliphatic rings. The van der Waals surface area contributed by atoms with Crippen molar-refractivity contribution in [1.82, 2.24) is 4.90 Å². The van der Waals surface area contributed by atoms with Gasteiger partial charge in [-0.15, -0.1) is 0 Å². The van der Waals surface area contributed by atoms with E-state index in [-0.39, 0.29) is 18.4 Å². The molecule has 19 heavy (non-hydrogen) atoms. The number of methoxy groups -OCH3 is 1. The number of rotatable bonds is 4. The van der Waals surface area contributed by atoms with Crippen molar-refractivity contribution in [2.45, 2.75) is 6.92 Å². The van der Waals surface area contributed by atoms with Crippen LogP contribution in [-0.4, -0.2) is 37.5 Å². The van der Waals surface area contributed by atoms with Gasteiger partial charge in [0.25, 0.3) is 5.91 Å². The SMILES string of the molecule is COC(=O)C(C)CN(C)C(=O)c1cc(Cl)ccc1Cl. The molecule has 0 spiro atoms. The quantitative estimate of drug-likeness (QED) is 0.804. The number of halogens is 2. The molecular weight excluding hydrogens is 289 g/mol. The zero-order valence-corrected chi connectivity index (χ0v) is 12.5. The average Bonchev–Trinajstić information content (AvgIpc) is 2.39. The second-order valence-electron chi connectivity index (χ2n) is 4.23. The first kappa shape index (κ1) is 15.8. The molecule has 1 amide bonds. The van der Waals surface area contributed by atoms with Crippen molar-refractivity contribution in [3.8, 4) is 0 Å². The van der Waals surface area contributed by atoms with Crippen LogP contribution in [0.2, 0.25) is 10.0 Å². The molecule has 0 aliphatic heterocycles. The van der Waals surface area contributed by atoms with E-state index in [4.69, 9.17) is 23.2 Å². The lowest BCUT2D eigenvalue weighted by molar-refractivity contribution is -0.145. The first-order chi connectivity index (χ1) is 8.86. The lowest BCUT2D eigenvalue weighted by Gasteiger charge is -2.20. The number of hydrogen-bond acceptors (Lipinski definition) is 3. The van der Waals surface area contributed by atoms with Crippen molar-refractivity contribution in [2.24, 2.45) is 5.92 Å². The van der Waals surface area contributed by atoms with Gasteiger partial charge in [0.05, 0.1) is 23.6 Å². The second-order valence-corrected chi connectivity index (χ2v) is 5.08. The van der Waals surface area contributed by atoms with Gasteiger partial charge in [-0.3, -0.25) is 9.59 Å². The Hall–Kier alpha value is -1.26. The molecule has 1 unspecified atom stereocenters. The first-order valence-corrected chi connectivity index (χ1v) is 6.40. The molecule has 6 heteroatoms. The third-order valence-corrected chi connectivity index (χ3v) is 3.22. The largest absolute Gasteiger partial charge is 0.469 e. The summed E-state index contributed by atoms with van der Waals surface area (Å²) in [5.41, 5.74) is 0.314. The van der Waals surface area contributed by atoms with E-state index in [0.29, 0.717) is 15.6 Å². The Morgan fingerprint density at radius 1 is 1.37 bits per heavy atom. The van der Waals surface area contributed by atoms with Crippen LogP contribution in [0.15, 0.2) is 18.2 Å². The van der Waals surface area contributed by atoms with Gasteiger partial charge in [0.2, 0.25) is 0 Å². The molecule has 0 radical (unpaired) electrons. The highest BCUT2D eigenvalue weighted by molar-refractivity contribution is 6.35. The minimum atomic E-state index is -0.406. The van der Waals surface area contributed by atoms with E-state index in [1.807, 2.05) is 0 Å². The van der Waals surface area contributed by atoms with E-state index >= 15 is 0 Å². The lowest BCUT2D eigenvalue weighted by atomic mass is 10.1. The third-order valence-electron chi connectivity index (χ3n) is 2.66. The highest BCUT2D eigenvalue weighted by atomic mass is 35.5. The zero-order chi connectivity index (χ0) is 14.6. The average molecular weight is 304 g/mol. The summed E-state index contributed by atoms with van der Waals surface area (Å²) >= 11 is 11.8. The maximum Gasteiger partial charge on any atom is 0.310 e. The number of nitrogens with zero attached hydrogens (tertiary/aromatic N) is 1. The highest BCUT2D eigenvalue weighted by Crippen LogP contribution is 2.22. The topological polar surface area (TPSA) is 46.6 Å². The Bertz CT molecular complexity index is 491. The molecule has 0 bridgehead atoms. The number of carbonyl (C=O) groups excluding carboxylic acids is 2. The van der Waals surface area contributed by atoms with Gasteiger partial charge in [-0.1, -0.05) is 30.1 Å². The van der Waals surface area contributed by atoms with Gasteiger partial charge < -0.3 is 9.64 Å². The molecule has 1 aromatic carbocycles. The van der Waals surface area contributed by atoms with Gasteiger partial charge in [-0.2, -0.15) is 0 Å². The van der Waals surface area contributed by atoms with Crippen molar-refractivity contribution in [2.75, 3.05) is 20.7 Å². The molecule has 0 fully saturated rings. The van der Waals surface area contributed by atoms with Gasteiger partial charge in [0.15, 0.2) is 0 Å². The molecule has 0 aliphatic carbocycles. The summed E-state index contributed by atoms with van der Waals surface area (Å²) in [6.45, 7) is 1.93. The van der Waals surface area contributed by atoms with Crippen LogP contribution in [-0.2, 0) is 9.53 Å². The molecule has 0 saturated carbocycles. The highest BCUT2D eigenvalue weighted by Gasteiger charge is 2.21. The number of amides is 1. The Labute approximate surface area is 122 Å². The van der Waals surface area contributed by atoms with Crippen LogP contribution in [0.25, 0.3) is 0 Å². The lowest BCUT2D eigenvalue weighted by Crippen LogP contribution is -2.34. The summed E-state index contributed by atoms with van der Waals surface area (Å²) in [5, 5.41) is 0.758. The van der Waals surface area contributed by atoms with Crippen molar-refractivity contribution in [3.05, 3.63) is 33.8 Å². The van der Waals surface area contributed by atoms with Gasteiger partial charge in [-0.05, 0) is 18.2 Å². The van der Waals surface area contributed by atoms with Crippen LogP contribution in [0.3, 0.4) is 0 Å². The number of benzene rings is 1. The van der Waals surface area contributed by atoms with Crippen LogP contribution in [0.4, 0.5) is 0 Å². The van der Waals surface area contributed by atoms with Crippen LogP contribution in [0.5, 0.6) is 0 Å². The molecule has 0 heterocycles. The summed E-state index contributed by atoms with van der Waals surface area (Å²) in [5.74, 6) is -1.06. The molecule has 0 saturated heterocycles. The maximum absolute atomic E-state index is 12.2. The Morgan fingerprint density at radius 3 is 2.58 bits per heavy atom. The molecule has 1 aromatic rings. The van der Waals surface area contributed by atoms with E-state index in [2.05, 4.69) is 4.74 Å². The fourth-order valence-corrected chi connectivity index (χ4v) is 2.01. The molecule has 104 valence electrons. The molecule has 1 atom stereocenters. The van der Waals surface area contributed by atoms with E-state index in [1.165, 1.54) is 18.1 Å². The summed E-state index contributed by atoms with van der Waals surface area (Å²) in [6.07, 6.45) is 0. The first-order valence-electron chi connectivity index (χ1n) is 5.65. The predicted octanol–water partition coefficient (Wildman–Crippen LogP) is 2.87. The molecule has 0 N–H and O–H groups in total. The summed E-state index contributed by atoms with van der Waals surface area (Å²) in [7, 11) is 2.91. The van der Waals surface area contributed by atoms with Crippen LogP contribution < -0.4 is 0 Å². The van der Waals surface area contributed by atoms with Crippen LogP contribution in [0, 0.1) is 5.92 Å². The van der Waals surface area contributed by atoms with Gasteiger partial charge >= 0.3 is 5.97 Å². The van der Waals surface area contributed by atoms with Crippen molar-refractivity contribution in [3.63, 3.8) is 0 Å². The van der Waals surface area contributed by atoms with Crippen LogP contribution >= 0.6 is 23.2 Å². The number of esters is 1. The molecule has 0 aromatic heterocycles. The molecule has 1 rings (SSSR count). The minimum Gasteiger partial charge on any atom is -0.469 e. The maximum atomic E-state index is 12.2. The molecular formula is C13H15Cl2NO3. The standard InChI is InChI=1S/C13H15Cl2NO3/c1-8(13(18)19-3)7-16(2)12(17)10-6-9(14)4-5-11(10)15/h4-6,8H,7H2,1-3H3. The Kier molecular flexibility index (Phi) is 5.63. The smallest absolute Gasteiger partial charge is 0.310 e. The summed E-state index contributed by atoms with van der Waals surface area (Å²) < 4.78 is 4.62. The minimum absolute atomic E-state index is 0.244. The Balaban J connectivity index is 2.82. The van der Waals surface area contributed by atoms with E-state index in [9.17, 15) is 9.59 Å². The fraction of sp³-hybridized carbons (Fsp3) is 0.385.